The Morgan fingerprint density at radius 1 is 0.821 bits per heavy atom. The summed E-state index contributed by atoms with van der Waals surface area (Å²) in [4.78, 5) is 14.6. The van der Waals surface area contributed by atoms with Crippen molar-refractivity contribution in [2.75, 3.05) is 26.2 Å². The van der Waals surface area contributed by atoms with Gasteiger partial charge in [0.1, 0.15) is 0 Å². The van der Waals surface area contributed by atoms with E-state index in [1.165, 1.54) is 4.31 Å². The fourth-order valence-corrected chi connectivity index (χ4v) is 5.11. The van der Waals surface area contributed by atoms with E-state index in [4.69, 9.17) is 0 Å². The first-order valence-corrected chi connectivity index (χ1v) is 11.2. The Labute approximate surface area is 172 Å². The molecule has 3 aromatic rings. The number of carbonyl (C=O) groups is 1. The lowest BCUT2D eigenvalue weighted by Crippen LogP contribution is -2.50. The summed E-state index contributed by atoms with van der Waals surface area (Å²) in [7, 11) is -3.58. The van der Waals surface area contributed by atoms with Crippen molar-refractivity contribution in [3.8, 4) is 0 Å². The van der Waals surface area contributed by atoms with Gasteiger partial charge in [-0.2, -0.15) is 4.31 Å². The van der Waals surface area contributed by atoms with Crippen LogP contribution in [0.1, 0.15) is 10.4 Å². The number of fused-ring (bicyclic) bond motifs is 1. The van der Waals surface area contributed by atoms with Gasteiger partial charge in [0.05, 0.1) is 4.90 Å². The zero-order valence-corrected chi connectivity index (χ0v) is 17.5. The van der Waals surface area contributed by atoms with Crippen molar-refractivity contribution in [2.45, 2.75) is 4.90 Å². The van der Waals surface area contributed by atoms with Crippen LogP contribution in [0.3, 0.4) is 0 Å². The second-order valence-electron chi connectivity index (χ2n) is 6.71. The molecule has 1 aliphatic heterocycles. The Morgan fingerprint density at radius 3 is 2.14 bits per heavy atom. The third kappa shape index (κ3) is 3.70. The van der Waals surface area contributed by atoms with Crippen LogP contribution in [0.15, 0.2) is 76.1 Å². The van der Waals surface area contributed by atoms with Gasteiger partial charge in [-0.15, -0.1) is 0 Å². The lowest BCUT2D eigenvalue weighted by Gasteiger charge is -2.34. The summed E-state index contributed by atoms with van der Waals surface area (Å²) in [6.07, 6.45) is 0. The zero-order chi connectivity index (χ0) is 19.7. The van der Waals surface area contributed by atoms with Gasteiger partial charge in [-0.25, -0.2) is 8.42 Å². The van der Waals surface area contributed by atoms with Crippen LogP contribution in [0.2, 0.25) is 0 Å². The molecule has 0 bridgehead atoms. The van der Waals surface area contributed by atoms with E-state index in [9.17, 15) is 13.2 Å². The van der Waals surface area contributed by atoms with Gasteiger partial charge < -0.3 is 4.90 Å². The largest absolute Gasteiger partial charge is 0.336 e. The fraction of sp³-hybridized carbons (Fsp3) is 0.190. The maximum Gasteiger partial charge on any atom is 0.253 e. The molecule has 0 unspecified atom stereocenters. The highest BCUT2D eigenvalue weighted by atomic mass is 79.9. The number of piperazine rings is 1. The minimum absolute atomic E-state index is 0.0738. The van der Waals surface area contributed by atoms with E-state index >= 15 is 0 Å². The summed E-state index contributed by atoms with van der Waals surface area (Å²) in [6, 6.07) is 20.1. The van der Waals surface area contributed by atoms with Crippen LogP contribution >= 0.6 is 15.9 Å². The minimum atomic E-state index is -3.58. The number of sulfonamides is 1. The van der Waals surface area contributed by atoms with Crippen LogP contribution in [0, 0.1) is 0 Å². The van der Waals surface area contributed by atoms with Crippen molar-refractivity contribution < 1.29 is 13.2 Å². The van der Waals surface area contributed by atoms with Crippen LogP contribution in [0.5, 0.6) is 0 Å². The topological polar surface area (TPSA) is 57.7 Å². The molecule has 1 heterocycles. The number of carbonyl (C=O) groups excluding carboxylic acids is 1. The monoisotopic (exact) mass is 458 g/mol. The maximum atomic E-state index is 13.0. The lowest BCUT2D eigenvalue weighted by atomic mass is 10.1. The Hall–Kier alpha value is -2.22. The molecule has 0 aromatic heterocycles. The predicted molar refractivity (Wildman–Crippen MR) is 113 cm³/mol. The number of hydrogen-bond acceptors (Lipinski definition) is 3. The highest BCUT2D eigenvalue weighted by Crippen LogP contribution is 2.23. The summed E-state index contributed by atoms with van der Waals surface area (Å²) < 4.78 is 28.4. The summed E-state index contributed by atoms with van der Waals surface area (Å²) in [6.45, 7) is 1.33. The maximum absolute atomic E-state index is 13.0. The van der Waals surface area contributed by atoms with Gasteiger partial charge in [0.2, 0.25) is 10.0 Å². The first-order chi connectivity index (χ1) is 13.4. The molecule has 0 N–H and O–H groups in total. The molecule has 0 aliphatic carbocycles. The zero-order valence-electron chi connectivity index (χ0n) is 15.1. The molecule has 144 valence electrons. The first-order valence-electron chi connectivity index (χ1n) is 8.99. The molecule has 3 aromatic carbocycles. The van der Waals surface area contributed by atoms with Gasteiger partial charge in [0, 0.05) is 36.2 Å². The normalized spacial score (nSPS) is 15.7. The van der Waals surface area contributed by atoms with E-state index in [0.717, 1.165) is 15.2 Å². The van der Waals surface area contributed by atoms with Gasteiger partial charge in [0.15, 0.2) is 0 Å². The molecule has 1 saturated heterocycles. The van der Waals surface area contributed by atoms with Crippen LogP contribution < -0.4 is 0 Å². The fourth-order valence-electron chi connectivity index (χ4n) is 3.38. The van der Waals surface area contributed by atoms with Crippen LogP contribution in [-0.4, -0.2) is 49.7 Å². The molecule has 4 rings (SSSR count). The van der Waals surface area contributed by atoms with E-state index < -0.39 is 10.0 Å². The minimum Gasteiger partial charge on any atom is -0.336 e. The number of nitrogens with zero attached hydrogens (tertiary/aromatic N) is 2. The molecule has 1 amide bonds. The van der Waals surface area contributed by atoms with Crippen LogP contribution in [0.25, 0.3) is 10.8 Å². The smallest absolute Gasteiger partial charge is 0.253 e. The van der Waals surface area contributed by atoms with E-state index in [2.05, 4.69) is 15.9 Å². The molecular formula is C21H19BrN2O3S. The van der Waals surface area contributed by atoms with E-state index in [1.807, 2.05) is 42.5 Å². The molecule has 28 heavy (non-hydrogen) atoms. The van der Waals surface area contributed by atoms with Crippen molar-refractivity contribution in [1.82, 2.24) is 9.21 Å². The van der Waals surface area contributed by atoms with Gasteiger partial charge >= 0.3 is 0 Å². The van der Waals surface area contributed by atoms with Crippen molar-refractivity contribution in [2.24, 2.45) is 0 Å². The standard InChI is InChI=1S/C21H19BrN2O3S/c22-19-8-5-17(6-9-19)21(25)23-11-13-24(14-12-23)28(26,27)20-10-7-16-3-1-2-4-18(16)15-20/h1-10,15H,11-14H2. The number of amides is 1. The Bertz CT molecular complexity index is 1120. The van der Waals surface area contributed by atoms with Crippen molar-refractivity contribution >= 4 is 42.6 Å². The Balaban J connectivity index is 1.49. The molecule has 1 aliphatic rings. The highest BCUT2D eigenvalue weighted by molar-refractivity contribution is 9.10. The third-order valence-electron chi connectivity index (χ3n) is 4.98. The Morgan fingerprint density at radius 2 is 1.46 bits per heavy atom. The molecular weight excluding hydrogens is 440 g/mol. The summed E-state index contributed by atoms with van der Waals surface area (Å²) >= 11 is 3.36. The molecule has 0 radical (unpaired) electrons. The first kappa shape index (κ1) is 19.1. The summed E-state index contributed by atoms with van der Waals surface area (Å²) in [5.74, 6) is -0.0738. The van der Waals surface area contributed by atoms with E-state index in [-0.39, 0.29) is 19.0 Å². The van der Waals surface area contributed by atoms with E-state index in [1.54, 1.807) is 29.2 Å². The highest BCUT2D eigenvalue weighted by Gasteiger charge is 2.30. The summed E-state index contributed by atoms with van der Waals surface area (Å²) in [5, 5.41) is 1.90. The predicted octanol–water partition coefficient (Wildman–Crippen LogP) is 3.75. The molecule has 1 fully saturated rings. The molecule has 7 heteroatoms. The lowest BCUT2D eigenvalue weighted by molar-refractivity contribution is 0.0698. The molecule has 0 saturated carbocycles. The summed E-state index contributed by atoms with van der Waals surface area (Å²) in [5.41, 5.74) is 0.606. The van der Waals surface area contributed by atoms with Crippen LogP contribution in [0.4, 0.5) is 0 Å². The number of halogens is 1. The molecule has 0 spiro atoms. The molecule has 0 atom stereocenters. The van der Waals surface area contributed by atoms with E-state index in [0.29, 0.717) is 23.5 Å². The number of hydrogen-bond donors (Lipinski definition) is 0. The second-order valence-corrected chi connectivity index (χ2v) is 9.57. The Kier molecular flexibility index (Phi) is 5.23. The van der Waals surface area contributed by atoms with Gasteiger partial charge in [0.25, 0.3) is 5.91 Å². The quantitative estimate of drug-likeness (QED) is 0.600. The number of benzene rings is 3. The average molecular weight is 459 g/mol. The van der Waals surface area contributed by atoms with Gasteiger partial charge in [-0.05, 0) is 47.2 Å². The van der Waals surface area contributed by atoms with Gasteiger partial charge in [-0.1, -0.05) is 46.3 Å². The average Bonchev–Trinajstić information content (AvgIpc) is 2.73. The van der Waals surface area contributed by atoms with Crippen molar-refractivity contribution in [3.05, 3.63) is 76.8 Å². The molecule has 5 nitrogen and oxygen atoms in total. The second kappa shape index (κ2) is 7.66. The number of rotatable bonds is 3. The van der Waals surface area contributed by atoms with Crippen LogP contribution in [-0.2, 0) is 10.0 Å². The van der Waals surface area contributed by atoms with Crippen molar-refractivity contribution in [3.63, 3.8) is 0 Å². The van der Waals surface area contributed by atoms with Crippen molar-refractivity contribution in [1.29, 1.82) is 0 Å². The SMILES string of the molecule is O=C(c1ccc(Br)cc1)N1CCN(S(=O)(=O)c2ccc3ccccc3c2)CC1. The third-order valence-corrected chi connectivity index (χ3v) is 7.40. The van der Waals surface area contributed by atoms with Gasteiger partial charge in [-0.3, -0.25) is 4.79 Å².